The average molecular weight is 303 g/mol. The second-order valence-corrected chi connectivity index (χ2v) is 5.81. The molecule has 0 spiro atoms. The molecule has 1 heterocycles. The normalized spacial score (nSPS) is 14.2. The van der Waals surface area contributed by atoms with Crippen molar-refractivity contribution < 1.29 is 4.74 Å². The van der Waals surface area contributed by atoms with Gasteiger partial charge >= 0.3 is 0 Å². The molecule has 0 unspecified atom stereocenters. The van der Waals surface area contributed by atoms with E-state index in [1.165, 1.54) is 18.4 Å². The van der Waals surface area contributed by atoms with Crippen molar-refractivity contribution >= 4 is 11.6 Å². The van der Waals surface area contributed by atoms with Crippen LogP contribution in [0.3, 0.4) is 0 Å². The highest BCUT2D eigenvalue weighted by Gasteiger charge is 2.20. The molecule has 1 aromatic carbocycles. The van der Waals surface area contributed by atoms with E-state index in [9.17, 15) is 0 Å². The van der Waals surface area contributed by atoms with Crippen LogP contribution in [0.25, 0.3) is 0 Å². The van der Waals surface area contributed by atoms with Crippen molar-refractivity contribution in [3.8, 4) is 11.6 Å². The molecule has 1 aliphatic carbocycles. The van der Waals surface area contributed by atoms with Crippen LogP contribution in [0.2, 0.25) is 5.02 Å². The van der Waals surface area contributed by atoms with Gasteiger partial charge in [0.2, 0.25) is 5.88 Å². The molecule has 1 saturated carbocycles. The van der Waals surface area contributed by atoms with E-state index >= 15 is 0 Å². The summed E-state index contributed by atoms with van der Waals surface area (Å²) in [6.07, 6.45) is 3.48. The zero-order valence-electron chi connectivity index (χ0n) is 12.1. The maximum atomic E-state index is 5.88. The maximum absolute atomic E-state index is 5.88. The predicted octanol–water partition coefficient (Wildman–Crippen LogP) is 4.34. The van der Waals surface area contributed by atoms with Gasteiger partial charge in [0.1, 0.15) is 5.75 Å². The van der Waals surface area contributed by atoms with Crippen molar-refractivity contribution in [2.75, 3.05) is 0 Å². The lowest BCUT2D eigenvalue weighted by atomic mass is 10.2. The number of nitrogens with one attached hydrogen (secondary N) is 1. The summed E-state index contributed by atoms with van der Waals surface area (Å²) in [6.45, 7) is 2.98. The van der Waals surface area contributed by atoms with E-state index in [0.29, 0.717) is 16.9 Å². The van der Waals surface area contributed by atoms with Gasteiger partial charge in [-0.25, -0.2) is 4.98 Å². The number of pyridine rings is 1. The molecular weight excluding hydrogens is 284 g/mol. The molecule has 3 rings (SSSR count). The van der Waals surface area contributed by atoms with E-state index in [1.807, 2.05) is 30.3 Å². The third-order valence-electron chi connectivity index (χ3n) is 3.49. The van der Waals surface area contributed by atoms with E-state index in [0.717, 1.165) is 24.4 Å². The van der Waals surface area contributed by atoms with Crippen molar-refractivity contribution in [1.29, 1.82) is 0 Å². The summed E-state index contributed by atoms with van der Waals surface area (Å²) >= 11 is 5.88. The molecule has 0 atom stereocenters. The molecular formula is C17H19ClN2O. The SMILES string of the molecule is CCc1cc(CNC2CC2)cc(Oc2ccc(Cl)cc2)n1. The van der Waals surface area contributed by atoms with Crippen LogP contribution in [0.15, 0.2) is 36.4 Å². The quantitative estimate of drug-likeness (QED) is 0.862. The van der Waals surface area contributed by atoms with Crippen LogP contribution in [0.5, 0.6) is 11.6 Å². The Morgan fingerprint density at radius 1 is 1.24 bits per heavy atom. The van der Waals surface area contributed by atoms with Gasteiger partial charge in [0.15, 0.2) is 0 Å². The number of nitrogens with zero attached hydrogens (tertiary/aromatic N) is 1. The first-order chi connectivity index (χ1) is 10.2. The molecule has 1 N–H and O–H groups in total. The van der Waals surface area contributed by atoms with Crippen molar-refractivity contribution in [2.45, 2.75) is 38.8 Å². The number of hydrogen-bond acceptors (Lipinski definition) is 3. The second-order valence-electron chi connectivity index (χ2n) is 5.37. The summed E-state index contributed by atoms with van der Waals surface area (Å²) in [5, 5.41) is 4.22. The van der Waals surface area contributed by atoms with E-state index in [1.54, 1.807) is 0 Å². The van der Waals surface area contributed by atoms with Gasteiger partial charge in [-0.05, 0) is 55.2 Å². The molecule has 4 heteroatoms. The molecule has 0 bridgehead atoms. The number of benzene rings is 1. The van der Waals surface area contributed by atoms with E-state index < -0.39 is 0 Å². The number of rotatable bonds is 6. The fraction of sp³-hybridized carbons (Fsp3) is 0.353. The molecule has 1 aromatic heterocycles. The summed E-state index contributed by atoms with van der Waals surface area (Å²) in [7, 11) is 0. The van der Waals surface area contributed by atoms with Gasteiger partial charge in [0.05, 0.1) is 0 Å². The number of halogens is 1. The molecule has 0 saturated heterocycles. The summed E-state index contributed by atoms with van der Waals surface area (Å²) < 4.78 is 5.84. The van der Waals surface area contributed by atoms with Gasteiger partial charge < -0.3 is 10.1 Å². The maximum Gasteiger partial charge on any atom is 0.219 e. The largest absolute Gasteiger partial charge is 0.439 e. The summed E-state index contributed by atoms with van der Waals surface area (Å²) in [5.41, 5.74) is 2.27. The van der Waals surface area contributed by atoms with Crippen molar-refractivity contribution in [2.24, 2.45) is 0 Å². The van der Waals surface area contributed by atoms with Gasteiger partial charge in [-0.1, -0.05) is 18.5 Å². The predicted molar refractivity (Wildman–Crippen MR) is 85.0 cm³/mol. The van der Waals surface area contributed by atoms with Crippen LogP contribution in [0.1, 0.15) is 31.0 Å². The molecule has 1 aliphatic rings. The first kappa shape index (κ1) is 14.4. The fourth-order valence-corrected chi connectivity index (χ4v) is 2.25. The summed E-state index contributed by atoms with van der Waals surface area (Å²) in [6, 6.07) is 12.2. The Morgan fingerprint density at radius 3 is 2.67 bits per heavy atom. The highest BCUT2D eigenvalue weighted by atomic mass is 35.5. The standard InChI is InChI=1S/C17H19ClN2O/c1-2-14-9-12(11-19-15-5-6-15)10-17(20-14)21-16-7-3-13(18)4-8-16/h3-4,7-10,15,19H,2,5-6,11H2,1H3. The third-order valence-corrected chi connectivity index (χ3v) is 3.74. The van der Waals surface area contributed by atoms with E-state index in [-0.39, 0.29) is 0 Å². The van der Waals surface area contributed by atoms with Crippen molar-refractivity contribution in [3.05, 3.63) is 52.7 Å². The molecule has 0 amide bonds. The lowest BCUT2D eigenvalue weighted by molar-refractivity contribution is 0.459. The molecule has 0 aliphatic heterocycles. The molecule has 110 valence electrons. The Balaban J connectivity index is 1.75. The molecule has 3 nitrogen and oxygen atoms in total. The molecule has 21 heavy (non-hydrogen) atoms. The van der Waals surface area contributed by atoms with Gasteiger partial charge in [0.25, 0.3) is 0 Å². The van der Waals surface area contributed by atoms with Crippen LogP contribution in [0, 0.1) is 0 Å². The molecule has 2 aromatic rings. The second kappa shape index (κ2) is 6.46. The van der Waals surface area contributed by atoms with E-state index in [2.05, 4.69) is 23.3 Å². The Bertz CT molecular complexity index is 609. The number of hydrogen-bond donors (Lipinski definition) is 1. The third kappa shape index (κ3) is 4.19. The van der Waals surface area contributed by atoms with Crippen LogP contribution < -0.4 is 10.1 Å². The minimum atomic E-state index is 0.643. The highest BCUT2D eigenvalue weighted by Crippen LogP contribution is 2.24. The van der Waals surface area contributed by atoms with Gasteiger partial charge in [-0.15, -0.1) is 0 Å². The number of ether oxygens (including phenoxy) is 1. The first-order valence-electron chi connectivity index (χ1n) is 7.39. The Kier molecular flexibility index (Phi) is 4.42. The van der Waals surface area contributed by atoms with Gasteiger partial charge in [0, 0.05) is 29.4 Å². The fourth-order valence-electron chi connectivity index (χ4n) is 2.13. The van der Waals surface area contributed by atoms with Gasteiger partial charge in [-0.3, -0.25) is 0 Å². The van der Waals surface area contributed by atoms with E-state index in [4.69, 9.17) is 16.3 Å². The van der Waals surface area contributed by atoms with Crippen LogP contribution in [-0.4, -0.2) is 11.0 Å². The highest BCUT2D eigenvalue weighted by molar-refractivity contribution is 6.30. The first-order valence-corrected chi connectivity index (χ1v) is 7.77. The summed E-state index contributed by atoms with van der Waals surface area (Å²) in [5.74, 6) is 1.39. The average Bonchev–Trinajstić information content (AvgIpc) is 3.31. The van der Waals surface area contributed by atoms with Crippen molar-refractivity contribution in [3.63, 3.8) is 0 Å². The van der Waals surface area contributed by atoms with Crippen LogP contribution in [-0.2, 0) is 13.0 Å². The topological polar surface area (TPSA) is 34.1 Å². The van der Waals surface area contributed by atoms with Gasteiger partial charge in [-0.2, -0.15) is 0 Å². The monoisotopic (exact) mass is 302 g/mol. The Labute approximate surface area is 130 Å². The lowest BCUT2D eigenvalue weighted by Crippen LogP contribution is -2.15. The van der Waals surface area contributed by atoms with Crippen LogP contribution in [0.4, 0.5) is 0 Å². The molecule has 1 fully saturated rings. The number of aromatic nitrogens is 1. The Hall–Kier alpha value is -1.58. The van der Waals surface area contributed by atoms with Crippen LogP contribution >= 0.6 is 11.6 Å². The zero-order valence-corrected chi connectivity index (χ0v) is 12.9. The molecule has 0 radical (unpaired) electrons. The minimum Gasteiger partial charge on any atom is -0.439 e. The van der Waals surface area contributed by atoms with Crippen molar-refractivity contribution in [1.82, 2.24) is 10.3 Å². The number of aryl methyl sites for hydroxylation is 1. The smallest absolute Gasteiger partial charge is 0.219 e. The summed E-state index contributed by atoms with van der Waals surface area (Å²) in [4.78, 5) is 4.53. The lowest BCUT2D eigenvalue weighted by Gasteiger charge is -2.10. The minimum absolute atomic E-state index is 0.643. The Morgan fingerprint density at radius 2 is 2.00 bits per heavy atom. The zero-order chi connectivity index (χ0) is 14.7.